The predicted octanol–water partition coefficient (Wildman–Crippen LogP) is 16.1. The van der Waals surface area contributed by atoms with Crippen LogP contribution in [0.5, 0.6) is 0 Å². The van der Waals surface area contributed by atoms with Crippen LogP contribution in [0.15, 0.2) is 0 Å². The summed E-state index contributed by atoms with van der Waals surface area (Å²) < 4.78 is 0. The van der Waals surface area contributed by atoms with Crippen LogP contribution in [0.3, 0.4) is 0 Å². The molecule has 0 heterocycles. The van der Waals surface area contributed by atoms with Gasteiger partial charge in [-0.05, 0) is 103 Å². The number of hydrogen-bond acceptors (Lipinski definition) is 0. The average molecular weight is 657 g/mol. The van der Waals surface area contributed by atoms with Crippen LogP contribution in [-0.4, -0.2) is 49.3 Å². The quantitative estimate of drug-likeness (QED) is 0.0461. The van der Waals surface area contributed by atoms with E-state index in [0.717, 1.165) is 0 Å². The molecule has 0 atom stereocenters. The third-order valence-electron chi connectivity index (χ3n) is 10.9. The standard InChI is InChI=1S/C42H90P2/c1-7-13-19-27-35-43(36-28-20-14-8-2,37-29-21-15-9-3)41-33-25-26-34-42-44(38-30-22-16-10-4,39-31-23-17-11-5)40-32-24-18-12-6/h7-42H2,1-6H3/q+2. The summed E-state index contributed by atoms with van der Waals surface area (Å²) in [6.07, 6.45) is 54.8. The van der Waals surface area contributed by atoms with Crippen molar-refractivity contribution < 1.29 is 0 Å². The van der Waals surface area contributed by atoms with Crippen molar-refractivity contribution in [1.29, 1.82) is 0 Å². The van der Waals surface area contributed by atoms with Gasteiger partial charge in [-0.25, -0.2) is 0 Å². The Morgan fingerprint density at radius 3 is 0.455 bits per heavy atom. The molecule has 0 N–H and O–H groups in total. The van der Waals surface area contributed by atoms with Crippen molar-refractivity contribution in [1.82, 2.24) is 0 Å². The van der Waals surface area contributed by atoms with Gasteiger partial charge in [-0.1, -0.05) is 119 Å². The Labute approximate surface area is 284 Å². The molecule has 0 rings (SSSR count). The maximum Gasteiger partial charge on any atom is 0.0594 e. The van der Waals surface area contributed by atoms with E-state index in [9.17, 15) is 0 Å². The van der Waals surface area contributed by atoms with Gasteiger partial charge in [-0.2, -0.15) is 0 Å². The molecule has 0 unspecified atom stereocenters. The Balaban J connectivity index is 5.24. The second-order valence-corrected chi connectivity index (χ2v) is 24.2. The molecule has 266 valence electrons. The zero-order valence-corrected chi connectivity index (χ0v) is 34.1. The molecule has 0 aromatic heterocycles. The van der Waals surface area contributed by atoms with Gasteiger partial charge in [0.05, 0.1) is 49.3 Å². The molecule has 0 aliphatic carbocycles. The van der Waals surface area contributed by atoms with Crippen LogP contribution in [0, 0.1) is 0 Å². The number of hydrogen-bond donors (Lipinski definition) is 0. The molecule has 2 heteroatoms. The maximum absolute atomic E-state index is 2.39. The van der Waals surface area contributed by atoms with Gasteiger partial charge >= 0.3 is 0 Å². The predicted molar refractivity (Wildman–Crippen MR) is 216 cm³/mol. The molecule has 0 aliphatic heterocycles. The van der Waals surface area contributed by atoms with Crippen molar-refractivity contribution >= 4 is 14.5 Å². The van der Waals surface area contributed by atoms with E-state index >= 15 is 0 Å². The SMILES string of the molecule is CCCCCC[P+](CCCCCC)(CCCCCC)CCCCCC[P+](CCCCCC)(CCCCCC)CCCCCC. The monoisotopic (exact) mass is 657 g/mol. The fraction of sp³-hybridized carbons (Fsp3) is 1.00. The molecule has 0 amide bonds. The van der Waals surface area contributed by atoms with Gasteiger partial charge in [0.2, 0.25) is 0 Å². The zero-order chi connectivity index (χ0) is 32.5. The van der Waals surface area contributed by atoms with Crippen LogP contribution in [0.1, 0.15) is 221 Å². The fourth-order valence-electron chi connectivity index (χ4n) is 7.83. The highest BCUT2D eigenvalue weighted by atomic mass is 31.2. The summed E-state index contributed by atoms with van der Waals surface area (Å²) >= 11 is 0. The third kappa shape index (κ3) is 25.9. The summed E-state index contributed by atoms with van der Waals surface area (Å²) in [6, 6.07) is 0. The Kier molecular flexibility index (Phi) is 34.4. The van der Waals surface area contributed by atoms with Gasteiger partial charge in [-0.15, -0.1) is 0 Å². The Morgan fingerprint density at radius 2 is 0.318 bits per heavy atom. The van der Waals surface area contributed by atoms with E-state index in [1.54, 1.807) is 114 Å². The smallest absolute Gasteiger partial charge is 0.0594 e. The van der Waals surface area contributed by atoms with Crippen molar-refractivity contribution in [3.63, 3.8) is 0 Å². The second-order valence-electron chi connectivity index (χ2n) is 15.3. The van der Waals surface area contributed by atoms with Crippen LogP contribution in [0.25, 0.3) is 0 Å². The largest absolute Gasteiger partial charge is 0.0654 e. The van der Waals surface area contributed by atoms with E-state index in [1.807, 2.05) is 0 Å². The zero-order valence-electron chi connectivity index (χ0n) is 32.4. The summed E-state index contributed by atoms with van der Waals surface area (Å²) in [5, 5.41) is 0. The summed E-state index contributed by atoms with van der Waals surface area (Å²) in [5.74, 6) is 0. The van der Waals surface area contributed by atoms with E-state index in [0.29, 0.717) is 0 Å². The first-order chi connectivity index (χ1) is 21.6. The molecule has 0 aliphatic rings. The number of unbranched alkanes of at least 4 members (excludes halogenated alkanes) is 21. The highest BCUT2D eigenvalue weighted by Gasteiger charge is 2.36. The summed E-state index contributed by atoms with van der Waals surface area (Å²) in [6.45, 7) is 14.3. The van der Waals surface area contributed by atoms with Crippen LogP contribution in [0.2, 0.25) is 0 Å². The minimum Gasteiger partial charge on any atom is -0.0654 e. The molecule has 0 aromatic carbocycles. The molecular formula is C42H90P2+2. The first-order valence-corrected chi connectivity index (χ1v) is 26.3. The van der Waals surface area contributed by atoms with Crippen LogP contribution < -0.4 is 0 Å². The van der Waals surface area contributed by atoms with Crippen molar-refractivity contribution in [3.8, 4) is 0 Å². The Morgan fingerprint density at radius 1 is 0.182 bits per heavy atom. The van der Waals surface area contributed by atoms with Crippen LogP contribution in [0.4, 0.5) is 0 Å². The molecule has 0 saturated heterocycles. The van der Waals surface area contributed by atoms with Crippen LogP contribution >= 0.6 is 14.5 Å². The maximum atomic E-state index is 2.39. The Bertz CT molecular complexity index is 433. The minimum absolute atomic E-state index is 0.756. The lowest BCUT2D eigenvalue weighted by molar-refractivity contribution is 0.668. The number of rotatable bonds is 37. The highest BCUT2D eigenvalue weighted by Crippen LogP contribution is 2.63. The van der Waals surface area contributed by atoms with Crippen molar-refractivity contribution in [2.45, 2.75) is 221 Å². The van der Waals surface area contributed by atoms with Crippen LogP contribution in [-0.2, 0) is 0 Å². The van der Waals surface area contributed by atoms with Crippen molar-refractivity contribution in [2.75, 3.05) is 49.3 Å². The summed E-state index contributed by atoms with van der Waals surface area (Å²) in [5.41, 5.74) is 0. The molecule has 0 radical (unpaired) electrons. The fourth-order valence-corrected chi connectivity index (χ4v) is 17.7. The molecule has 0 bridgehead atoms. The van der Waals surface area contributed by atoms with E-state index < -0.39 is 14.5 Å². The third-order valence-corrected chi connectivity index (χ3v) is 21.1. The molecular weight excluding hydrogens is 566 g/mol. The molecule has 44 heavy (non-hydrogen) atoms. The summed E-state index contributed by atoms with van der Waals surface area (Å²) in [4.78, 5) is 0. The van der Waals surface area contributed by atoms with E-state index in [2.05, 4.69) is 41.5 Å². The second kappa shape index (κ2) is 33.7. The van der Waals surface area contributed by atoms with Gasteiger partial charge in [0, 0.05) is 14.5 Å². The van der Waals surface area contributed by atoms with Crippen molar-refractivity contribution in [2.24, 2.45) is 0 Å². The molecule has 0 fully saturated rings. The normalized spacial score (nSPS) is 12.4. The van der Waals surface area contributed by atoms with Gasteiger partial charge in [0.15, 0.2) is 0 Å². The molecule has 0 saturated carbocycles. The highest BCUT2D eigenvalue weighted by molar-refractivity contribution is 7.76. The summed E-state index contributed by atoms with van der Waals surface area (Å²) in [7, 11) is -1.51. The molecule has 0 aromatic rings. The first kappa shape index (κ1) is 44.9. The lowest BCUT2D eigenvalue weighted by atomic mass is 10.2. The first-order valence-electron chi connectivity index (χ1n) is 21.3. The van der Waals surface area contributed by atoms with E-state index in [1.165, 1.54) is 116 Å². The average Bonchev–Trinajstić information content (AvgIpc) is 3.03. The van der Waals surface area contributed by atoms with E-state index in [4.69, 9.17) is 0 Å². The molecule has 0 nitrogen and oxygen atoms in total. The van der Waals surface area contributed by atoms with Gasteiger partial charge in [0.1, 0.15) is 0 Å². The lowest BCUT2D eigenvalue weighted by Gasteiger charge is -2.29. The minimum atomic E-state index is -0.756. The van der Waals surface area contributed by atoms with Gasteiger partial charge in [0.25, 0.3) is 0 Å². The van der Waals surface area contributed by atoms with Gasteiger partial charge in [-0.3, -0.25) is 0 Å². The molecule has 0 spiro atoms. The van der Waals surface area contributed by atoms with Crippen molar-refractivity contribution in [3.05, 3.63) is 0 Å². The van der Waals surface area contributed by atoms with E-state index in [-0.39, 0.29) is 0 Å². The lowest BCUT2D eigenvalue weighted by Crippen LogP contribution is -2.14. The Hall–Kier alpha value is 0.860. The topological polar surface area (TPSA) is 0 Å². The van der Waals surface area contributed by atoms with Gasteiger partial charge < -0.3 is 0 Å².